The number of aromatic amines is 1. The van der Waals surface area contributed by atoms with Gasteiger partial charge in [0.25, 0.3) is 0 Å². The van der Waals surface area contributed by atoms with Crippen LogP contribution in [0.15, 0.2) is 30.6 Å². The highest BCUT2D eigenvalue weighted by atomic mass is 15.4. The summed E-state index contributed by atoms with van der Waals surface area (Å²) >= 11 is 0. The zero-order valence-electron chi connectivity index (χ0n) is 11.1. The van der Waals surface area contributed by atoms with Gasteiger partial charge in [0, 0.05) is 23.9 Å². The molecule has 1 fully saturated rings. The minimum absolute atomic E-state index is 0.445. The average molecular weight is 268 g/mol. The van der Waals surface area contributed by atoms with Crippen LogP contribution in [0.1, 0.15) is 24.6 Å². The smallest absolute Gasteiger partial charge is 0.177 e. The number of H-pyrrole nitrogens is 1. The first-order chi connectivity index (χ1) is 9.92. The summed E-state index contributed by atoms with van der Waals surface area (Å²) in [5.41, 5.74) is 2.84. The summed E-state index contributed by atoms with van der Waals surface area (Å²) in [6.45, 7) is 2.08. The molecule has 3 aromatic rings. The zero-order chi connectivity index (χ0) is 13.4. The van der Waals surface area contributed by atoms with E-state index in [2.05, 4.69) is 20.5 Å². The van der Waals surface area contributed by atoms with Crippen LogP contribution < -0.4 is 5.32 Å². The molecule has 20 heavy (non-hydrogen) atoms. The fourth-order valence-corrected chi connectivity index (χ4v) is 2.78. The third-order valence-electron chi connectivity index (χ3n) is 3.88. The lowest BCUT2D eigenvalue weighted by Gasteiger charge is -2.20. The second kappa shape index (κ2) is 4.72. The lowest BCUT2D eigenvalue weighted by Crippen LogP contribution is -2.27. The third kappa shape index (κ3) is 1.89. The molecule has 0 bridgehead atoms. The molecule has 1 aliphatic rings. The van der Waals surface area contributed by atoms with Crippen molar-refractivity contribution in [2.75, 3.05) is 13.1 Å². The molecule has 4 rings (SSSR count). The molecule has 1 aliphatic heterocycles. The fraction of sp³-hybridized carbons (Fsp3) is 0.357. The number of aromatic nitrogens is 5. The van der Waals surface area contributed by atoms with Crippen molar-refractivity contribution in [2.45, 2.75) is 18.8 Å². The molecular formula is C14H16N6. The van der Waals surface area contributed by atoms with E-state index in [9.17, 15) is 0 Å². The number of piperidine rings is 1. The van der Waals surface area contributed by atoms with Crippen LogP contribution in [-0.2, 0) is 0 Å². The van der Waals surface area contributed by atoms with E-state index in [0.29, 0.717) is 5.92 Å². The van der Waals surface area contributed by atoms with Gasteiger partial charge < -0.3 is 10.3 Å². The Morgan fingerprint density at radius 2 is 2.00 bits per heavy atom. The van der Waals surface area contributed by atoms with Crippen LogP contribution in [0.3, 0.4) is 0 Å². The Balaban J connectivity index is 1.79. The molecule has 3 aromatic heterocycles. The Morgan fingerprint density at radius 1 is 1.10 bits per heavy atom. The first-order valence-electron chi connectivity index (χ1n) is 6.98. The van der Waals surface area contributed by atoms with Crippen molar-refractivity contribution < 1.29 is 0 Å². The summed E-state index contributed by atoms with van der Waals surface area (Å²) < 4.78 is 1.90. The van der Waals surface area contributed by atoms with Crippen LogP contribution in [0.25, 0.3) is 16.9 Å². The molecule has 0 saturated carbocycles. The van der Waals surface area contributed by atoms with E-state index in [4.69, 9.17) is 5.10 Å². The van der Waals surface area contributed by atoms with Gasteiger partial charge >= 0.3 is 0 Å². The molecule has 0 unspecified atom stereocenters. The van der Waals surface area contributed by atoms with Gasteiger partial charge in [-0.25, -0.2) is 0 Å². The molecule has 0 aromatic carbocycles. The van der Waals surface area contributed by atoms with Crippen molar-refractivity contribution in [2.24, 2.45) is 0 Å². The van der Waals surface area contributed by atoms with Gasteiger partial charge in [0.15, 0.2) is 11.5 Å². The molecule has 6 heteroatoms. The quantitative estimate of drug-likeness (QED) is 0.740. The second-order valence-corrected chi connectivity index (χ2v) is 5.17. The zero-order valence-corrected chi connectivity index (χ0v) is 11.1. The third-order valence-corrected chi connectivity index (χ3v) is 3.88. The maximum Gasteiger partial charge on any atom is 0.177 e. The predicted octanol–water partition coefficient (Wildman–Crippen LogP) is 1.59. The maximum atomic E-state index is 4.70. The standard InChI is InChI=1S/C14H16N6/c1-2-13-17-18-14(10-3-6-15-7-4-10)20(13)19-12(1)11-5-8-16-9-11/h1-2,5,8-10,15-16H,3-4,6-7H2. The summed E-state index contributed by atoms with van der Waals surface area (Å²) in [5.74, 6) is 1.43. The largest absolute Gasteiger partial charge is 0.367 e. The van der Waals surface area contributed by atoms with E-state index in [1.54, 1.807) is 0 Å². The van der Waals surface area contributed by atoms with Crippen LogP contribution in [0.5, 0.6) is 0 Å². The number of hydrogen-bond donors (Lipinski definition) is 2. The number of nitrogens with one attached hydrogen (secondary N) is 2. The van der Waals surface area contributed by atoms with Gasteiger partial charge in [-0.15, -0.1) is 10.2 Å². The van der Waals surface area contributed by atoms with Gasteiger partial charge in [-0.2, -0.15) is 9.61 Å². The Hall–Kier alpha value is -2.21. The average Bonchev–Trinajstić information content (AvgIpc) is 3.17. The van der Waals surface area contributed by atoms with Crippen LogP contribution in [0, 0.1) is 0 Å². The van der Waals surface area contributed by atoms with Crippen LogP contribution >= 0.6 is 0 Å². The summed E-state index contributed by atoms with van der Waals surface area (Å²) in [4.78, 5) is 3.06. The Kier molecular flexibility index (Phi) is 2.74. The monoisotopic (exact) mass is 268 g/mol. The molecule has 4 heterocycles. The van der Waals surface area contributed by atoms with E-state index in [1.807, 2.05) is 35.1 Å². The molecule has 0 atom stereocenters. The maximum absolute atomic E-state index is 4.70. The number of rotatable bonds is 2. The predicted molar refractivity (Wildman–Crippen MR) is 75.4 cm³/mol. The van der Waals surface area contributed by atoms with Gasteiger partial charge in [0.05, 0.1) is 5.69 Å². The summed E-state index contributed by atoms with van der Waals surface area (Å²) in [6, 6.07) is 5.98. The van der Waals surface area contributed by atoms with Crippen LogP contribution in [0.2, 0.25) is 0 Å². The van der Waals surface area contributed by atoms with Gasteiger partial charge in [0.1, 0.15) is 0 Å². The lowest BCUT2D eigenvalue weighted by molar-refractivity contribution is 0.439. The van der Waals surface area contributed by atoms with E-state index >= 15 is 0 Å². The number of fused-ring (bicyclic) bond motifs is 1. The summed E-state index contributed by atoms with van der Waals surface area (Å²) in [7, 11) is 0. The Morgan fingerprint density at radius 3 is 2.80 bits per heavy atom. The van der Waals surface area contributed by atoms with Crippen molar-refractivity contribution in [3.8, 4) is 11.3 Å². The SMILES string of the molecule is c1cc(-c2ccc3nnc(C4CCNCC4)n3n2)c[nH]1. The van der Waals surface area contributed by atoms with Crippen molar-refractivity contribution in [1.82, 2.24) is 30.1 Å². The molecule has 0 radical (unpaired) electrons. The van der Waals surface area contributed by atoms with Crippen molar-refractivity contribution in [3.63, 3.8) is 0 Å². The first kappa shape index (κ1) is 11.6. The van der Waals surface area contributed by atoms with Crippen LogP contribution in [0.4, 0.5) is 0 Å². The van der Waals surface area contributed by atoms with E-state index in [-0.39, 0.29) is 0 Å². The summed E-state index contributed by atoms with van der Waals surface area (Å²) in [6.07, 6.45) is 6.04. The molecule has 6 nitrogen and oxygen atoms in total. The molecule has 1 saturated heterocycles. The second-order valence-electron chi connectivity index (χ2n) is 5.17. The molecule has 0 aliphatic carbocycles. The molecule has 0 amide bonds. The number of nitrogens with zero attached hydrogens (tertiary/aromatic N) is 4. The highest BCUT2D eigenvalue weighted by Gasteiger charge is 2.21. The minimum Gasteiger partial charge on any atom is -0.367 e. The topological polar surface area (TPSA) is 70.9 Å². The lowest BCUT2D eigenvalue weighted by atomic mass is 9.97. The molecule has 102 valence electrons. The number of hydrogen-bond acceptors (Lipinski definition) is 4. The highest BCUT2D eigenvalue weighted by molar-refractivity contribution is 5.59. The van der Waals surface area contributed by atoms with E-state index < -0.39 is 0 Å². The Labute approximate surface area is 116 Å². The van der Waals surface area contributed by atoms with Gasteiger partial charge in [-0.1, -0.05) is 0 Å². The first-order valence-corrected chi connectivity index (χ1v) is 6.98. The van der Waals surface area contributed by atoms with Crippen molar-refractivity contribution in [1.29, 1.82) is 0 Å². The fourth-order valence-electron chi connectivity index (χ4n) is 2.78. The minimum atomic E-state index is 0.445. The normalized spacial score (nSPS) is 16.8. The van der Waals surface area contributed by atoms with E-state index in [0.717, 1.165) is 48.7 Å². The summed E-state index contributed by atoms with van der Waals surface area (Å²) in [5, 5.41) is 16.7. The van der Waals surface area contributed by atoms with Gasteiger partial charge in [-0.3, -0.25) is 0 Å². The van der Waals surface area contributed by atoms with E-state index in [1.165, 1.54) is 0 Å². The van der Waals surface area contributed by atoms with Gasteiger partial charge in [0.2, 0.25) is 0 Å². The van der Waals surface area contributed by atoms with Crippen LogP contribution in [-0.4, -0.2) is 37.9 Å². The van der Waals surface area contributed by atoms with Gasteiger partial charge in [-0.05, 0) is 44.1 Å². The van der Waals surface area contributed by atoms with Crippen molar-refractivity contribution >= 4 is 5.65 Å². The highest BCUT2D eigenvalue weighted by Crippen LogP contribution is 2.24. The molecular weight excluding hydrogens is 252 g/mol. The van der Waals surface area contributed by atoms with Crippen molar-refractivity contribution in [3.05, 3.63) is 36.4 Å². The Bertz CT molecular complexity index is 708. The molecule has 0 spiro atoms. The molecule has 2 N–H and O–H groups in total.